The van der Waals surface area contributed by atoms with Crippen LogP contribution in [0.5, 0.6) is 0 Å². The molecular formula is C19H20N2O. The molecule has 22 heavy (non-hydrogen) atoms. The molecule has 0 aromatic heterocycles. The Hall–Kier alpha value is -2.26. The van der Waals surface area contributed by atoms with Gasteiger partial charge in [0.15, 0.2) is 5.72 Å². The molecule has 3 heteroatoms. The van der Waals surface area contributed by atoms with Gasteiger partial charge in [-0.1, -0.05) is 61.9 Å². The summed E-state index contributed by atoms with van der Waals surface area (Å²) in [6.07, 6.45) is 1.46. The summed E-state index contributed by atoms with van der Waals surface area (Å²) in [7, 11) is 0. The Morgan fingerprint density at radius 1 is 0.955 bits per heavy atom. The van der Waals surface area contributed by atoms with Gasteiger partial charge in [0.05, 0.1) is 0 Å². The zero-order chi connectivity index (χ0) is 15.6. The van der Waals surface area contributed by atoms with Crippen LogP contribution in [0.15, 0.2) is 64.8 Å². The summed E-state index contributed by atoms with van der Waals surface area (Å²) in [6.45, 7) is 3.73. The predicted molar refractivity (Wildman–Crippen MR) is 91.5 cm³/mol. The van der Waals surface area contributed by atoms with Crippen LogP contribution in [0.3, 0.4) is 0 Å². The van der Waals surface area contributed by atoms with E-state index in [1.165, 1.54) is 0 Å². The monoisotopic (exact) mass is 292 g/mol. The summed E-state index contributed by atoms with van der Waals surface area (Å²) in [6, 6.07) is 18.4. The van der Waals surface area contributed by atoms with Gasteiger partial charge in [-0.15, -0.1) is 0 Å². The van der Waals surface area contributed by atoms with Crippen molar-refractivity contribution in [1.29, 1.82) is 0 Å². The molecule has 112 valence electrons. The fourth-order valence-corrected chi connectivity index (χ4v) is 2.78. The largest absolute Gasteiger partial charge is 0.368 e. The molecule has 0 heterocycles. The van der Waals surface area contributed by atoms with E-state index < -0.39 is 5.72 Å². The Balaban J connectivity index is 2.22. The summed E-state index contributed by atoms with van der Waals surface area (Å²) < 4.78 is 0. The summed E-state index contributed by atoms with van der Waals surface area (Å²) in [5.74, 6) is 0. The number of nitrogens with zero attached hydrogens (tertiary/aromatic N) is 2. The molecule has 0 fully saturated rings. The van der Waals surface area contributed by atoms with Gasteiger partial charge in [-0.2, -0.15) is 10.2 Å². The van der Waals surface area contributed by atoms with Crippen molar-refractivity contribution in [3.63, 3.8) is 0 Å². The summed E-state index contributed by atoms with van der Waals surface area (Å²) >= 11 is 0. The van der Waals surface area contributed by atoms with Crippen molar-refractivity contribution in [2.75, 3.05) is 0 Å². The highest BCUT2D eigenvalue weighted by Crippen LogP contribution is 2.35. The first-order valence-corrected chi connectivity index (χ1v) is 7.66. The molecule has 1 N–H and O–H groups in total. The van der Waals surface area contributed by atoms with Gasteiger partial charge in [-0.25, -0.2) is 0 Å². The molecule has 3 rings (SSSR count). The van der Waals surface area contributed by atoms with Gasteiger partial charge >= 0.3 is 0 Å². The summed E-state index contributed by atoms with van der Waals surface area (Å²) in [5.41, 5.74) is -0.294. The van der Waals surface area contributed by atoms with E-state index in [-0.39, 0.29) is 0 Å². The van der Waals surface area contributed by atoms with Crippen LogP contribution in [0.2, 0.25) is 0 Å². The molecule has 0 spiro atoms. The molecule has 0 saturated heterocycles. The summed E-state index contributed by atoms with van der Waals surface area (Å²) in [5, 5.41) is 23.3. The quantitative estimate of drug-likeness (QED) is 0.494. The van der Waals surface area contributed by atoms with Gasteiger partial charge in [0.2, 0.25) is 0 Å². The molecule has 0 aliphatic heterocycles. The fraction of sp³-hybridized carbons (Fsp3) is 0.263. The fourth-order valence-electron chi connectivity index (χ4n) is 2.78. The van der Waals surface area contributed by atoms with Gasteiger partial charge in [0.1, 0.15) is 5.69 Å². The van der Waals surface area contributed by atoms with Crippen LogP contribution < -0.4 is 0 Å². The minimum atomic E-state index is -1.12. The number of fused-ring (bicyclic) bond motifs is 2. The van der Waals surface area contributed by atoms with Gasteiger partial charge in [-0.3, -0.25) is 0 Å². The van der Waals surface area contributed by atoms with Crippen LogP contribution >= 0.6 is 0 Å². The normalized spacial score (nSPS) is 14.7. The minimum absolute atomic E-state index is 0.596. The average molecular weight is 292 g/mol. The third-order valence-electron chi connectivity index (χ3n) is 3.83. The second kappa shape index (κ2) is 5.85. The number of azo groups is 1. The van der Waals surface area contributed by atoms with Crippen molar-refractivity contribution < 1.29 is 5.11 Å². The number of rotatable bonds is 4. The van der Waals surface area contributed by atoms with Crippen LogP contribution in [0.4, 0.5) is 5.69 Å². The van der Waals surface area contributed by atoms with Crippen LogP contribution in [0.1, 0.15) is 26.7 Å². The zero-order valence-corrected chi connectivity index (χ0v) is 13.0. The molecule has 0 bridgehead atoms. The number of hydrogen-bond acceptors (Lipinski definition) is 3. The lowest BCUT2D eigenvalue weighted by molar-refractivity contribution is 0.0527. The third kappa shape index (κ3) is 2.85. The van der Waals surface area contributed by atoms with Crippen molar-refractivity contribution in [1.82, 2.24) is 0 Å². The number of aliphatic hydroxyl groups is 1. The van der Waals surface area contributed by atoms with Crippen molar-refractivity contribution in [2.24, 2.45) is 10.2 Å². The van der Waals surface area contributed by atoms with E-state index in [9.17, 15) is 5.11 Å². The molecule has 0 radical (unpaired) electrons. The smallest absolute Gasteiger partial charge is 0.173 e. The molecule has 3 nitrogen and oxygen atoms in total. The van der Waals surface area contributed by atoms with Gasteiger partial charge in [0.25, 0.3) is 0 Å². The first-order chi connectivity index (χ1) is 10.6. The lowest BCUT2D eigenvalue weighted by Gasteiger charge is -2.15. The molecule has 1 unspecified atom stereocenters. The average Bonchev–Trinajstić information content (AvgIpc) is 2.51. The Kier molecular flexibility index (Phi) is 3.90. The maximum Gasteiger partial charge on any atom is 0.173 e. The molecular weight excluding hydrogens is 272 g/mol. The predicted octanol–water partition coefficient (Wildman–Crippen LogP) is 5.59. The van der Waals surface area contributed by atoms with Crippen LogP contribution in [-0.4, -0.2) is 10.8 Å². The first kappa shape index (κ1) is 14.7. The zero-order valence-electron chi connectivity index (χ0n) is 13.0. The minimum Gasteiger partial charge on any atom is -0.368 e. The van der Waals surface area contributed by atoms with Crippen molar-refractivity contribution in [2.45, 2.75) is 32.4 Å². The highest BCUT2D eigenvalue weighted by molar-refractivity contribution is 6.09. The lowest BCUT2D eigenvalue weighted by Crippen LogP contribution is -2.19. The Bertz CT molecular complexity index is 783. The van der Waals surface area contributed by atoms with Crippen LogP contribution in [0.25, 0.3) is 21.5 Å². The molecule has 1 atom stereocenters. The second-order valence-electron chi connectivity index (χ2n) is 5.83. The standard InChI is InChI=1S/C19H20N2O/c1-3-12-19(2,22)21-20-18-16-10-6-4-8-14(16)13-15-9-5-7-11-17(15)18/h4-11,13,22H,3,12H2,1-2H3/b21-20+. The van der Waals surface area contributed by atoms with Crippen molar-refractivity contribution in [3.8, 4) is 0 Å². The van der Waals surface area contributed by atoms with Gasteiger partial charge < -0.3 is 5.11 Å². The van der Waals surface area contributed by atoms with Crippen molar-refractivity contribution in [3.05, 3.63) is 54.6 Å². The van der Waals surface area contributed by atoms with Gasteiger partial charge in [-0.05, 0) is 30.2 Å². The van der Waals surface area contributed by atoms with E-state index in [1.807, 2.05) is 43.3 Å². The topological polar surface area (TPSA) is 45.0 Å². The van der Waals surface area contributed by atoms with Crippen molar-refractivity contribution >= 4 is 27.2 Å². The molecule has 0 amide bonds. The number of benzene rings is 3. The molecule has 3 aromatic rings. The molecule has 0 aliphatic carbocycles. The summed E-state index contributed by atoms with van der Waals surface area (Å²) in [4.78, 5) is 0. The molecule has 3 aromatic carbocycles. The molecule has 0 aliphatic rings. The molecule has 0 saturated carbocycles. The van der Waals surface area contributed by atoms with Gasteiger partial charge in [0, 0.05) is 10.8 Å². The highest BCUT2D eigenvalue weighted by Gasteiger charge is 2.18. The third-order valence-corrected chi connectivity index (χ3v) is 3.83. The van der Waals surface area contributed by atoms with E-state index in [4.69, 9.17) is 0 Å². The first-order valence-electron chi connectivity index (χ1n) is 7.66. The Labute approximate surface area is 130 Å². The van der Waals surface area contributed by atoms with E-state index in [1.54, 1.807) is 6.92 Å². The number of hydrogen-bond donors (Lipinski definition) is 1. The van der Waals surface area contributed by atoms with E-state index in [2.05, 4.69) is 28.4 Å². The van der Waals surface area contributed by atoms with Crippen LogP contribution in [-0.2, 0) is 0 Å². The SMILES string of the molecule is CCCC(C)(O)/N=N/c1c2ccccc2cc2ccccc12. The maximum atomic E-state index is 10.3. The Morgan fingerprint density at radius 2 is 1.50 bits per heavy atom. The van der Waals surface area contributed by atoms with Crippen LogP contribution in [0, 0.1) is 0 Å². The van der Waals surface area contributed by atoms with E-state index in [0.717, 1.165) is 33.7 Å². The Morgan fingerprint density at radius 3 is 2.05 bits per heavy atom. The maximum absolute atomic E-state index is 10.3. The lowest BCUT2D eigenvalue weighted by atomic mass is 10.0. The van der Waals surface area contributed by atoms with E-state index in [0.29, 0.717) is 6.42 Å². The van der Waals surface area contributed by atoms with E-state index >= 15 is 0 Å². The second-order valence-corrected chi connectivity index (χ2v) is 5.83. The highest BCUT2D eigenvalue weighted by atomic mass is 16.3.